The fourth-order valence-corrected chi connectivity index (χ4v) is 6.58. The summed E-state index contributed by atoms with van der Waals surface area (Å²) in [6.45, 7) is 1.12. The van der Waals surface area contributed by atoms with Crippen LogP contribution in [0.4, 0.5) is 5.82 Å². The van der Waals surface area contributed by atoms with Crippen molar-refractivity contribution in [2.45, 2.75) is 30.7 Å². The molecule has 0 aliphatic carbocycles. The molecule has 1 aliphatic rings. The largest absolute Gasteiger partial charge is 0.304 e. The molecule has 2 heterocycles. The Kier molecular flexibility index (Phi) is 8.22. The van der Waals surface area contributed by atoms with Gasteiger partial charge >= 0.3 is 0 Å². The Bertz CT molecular complexity index is 1390. The number of amides is 1. The van der Waals surface area contributed by atoms with Crippen molar-refractivity contribution in [3.63, 3.8) is 0 Å². The molecular weight excluding hydrogens is 578 g/mol. The summed E-state index contributed by atoms with van der Waals surface area (Å²) in [6, 6.07) is 7.60. The van der Waals surface area contributed by atoms with E-state index in [1.54, 1.807) is 18.2 Å². The molecule has 0 saturated carbocycles. The van der Waals surface area contributed by atoms with Gasteiger partial charge in [0.2, 0.25) is 10.0 Å². The minimum absolute atomic E-state index is 0.00328. The van der Waals surface area contributed by atoms with Crippen LogP contribution in [-0.4, -0.2) is 41.5 Å². The minimum Gasteiger partial charge on any atom is -0.304 e. The quantitative estimate of drug-likeness (QED) is 0.347. The molecule has 1 saturated heterocycles. The maximum absolute atomic E-state index is 13.1. The second-order valence-corrected chi connectivity index (χ2v) is 11.9. The molecular formula is C22H19Cl5N4O3S. The molecule has 1 fully saturated rings. The van der Waals surface area contributed by atoms with Crippen LogP contribution in [0.5, 0.6) is 0 Å². The second kappa shape index (κ2) is 10.8. The number of sulfonamides is 1. The molecule has 13 heteroatoms. The predicted octanol–water partition coefficient (Wildman–Crippen LogP) is 6.63. The molecule has 186 valence electrons. The number of halogens is 5. The van der Waals surface area contributed by atoms with Gasteiger partial charge in [-0.3, -0.25) is 9.48 Å². The number of carbonyl (C=O) groups is 1. The number of carbonyl (C=O) groups excluding carboxylic acids is 1. The third kappa shape index (κ3) is 5.91. The maximum Gasteiger partial charge on any atom is 0.258 e. The van der Waals surface area contributed by atoms with Gasteiger partial charge in [0.05, 0.1) is 32.2 Å². The first kappa shape index (κ1) is 26.5. The summed E-state index contributed by atoms with van der Waals surface area (Å²) in [5.74, 6) is -0.591. The van der Waals surface area contributed by atoms with E-state index >= 15 is 0 Å². The van der Waals surface area contributed by atoms with Crippen LogP contribution < -0.4 is 5.32 Å². The zero-order valence-corrected chi connectivity index (χ0v) is 22.7. The first-order valence-electron chi connectivity index (χ1n) is 10.5. The molecule has 35 heavy (non-hydrogen) atoms. The van der Waals surface area contributed by atoms with Gasteiger partial charge < -0.3 is 5.32 Å². The van der Waals surface area contributed by atoms with Gasteiger partial charge in [0, 0.05) is 19.3 Å². The van der Waals surface area contributed by atoms with Crippen LogP contribution in [0.15, 0.2) is 41.4 Å². The molecule has 4 rings (SSSR count). The maximum atomic E-state index is 13.1. The van der Waals surface area contributed by atoms with E-state index in [0.29, 0.717) is 29.7 Å². The van der Waals surface area contributed by atoms with Crippen molar-refractivity contribution in [1.29, 1.82) is 0 Å². The normalized spacial score (nSPS) is 14.8. The summed E-state index contributed by atoms with van der Waals surface area (Å²) in [4.78, 5) is 12.8. The molecule has 0 unspecified atom stereocenters. The van der Waals surface area contributed by atoms with Crippen molar-refractivity contribution >= 4 is 79.8 Å². The summed E-state index contributed by atoms with van der Waals surface area (Å²) in [7, 11) is -3.89. The second-order valence-electron chi connectivity index (χ2n) is 7.95. The van der Waals surface area contributed by atoms with Crippen molar-refractivity contribution in [2.24, 2.45) is 0 Å². The highest BCUT2D eigenvalue weighted by atomic mass is 35.5. The van der Waals surface area contributed by atoms with Crippen molar-refractivity contribution in [2.75, 3.05) is 18.4 Å². The van der Waals surface area contributed by atoms with Gasteiger partial charge in [-0.1, -0.05) is 70.5 Å². The Morgan fingerprint density at radius 3 is 2.29 bits per heavy atom. The third-order valence-electron chi connectivity index (χ3n) is 5.48. The highest BCUT2D eigenvalue weighted by Gasteiger charge is 2.30. The van der Waals surface area contributed by atoms with Crippen LogP contribution in [0.3, 0.4) is 0 Å². The third-order valence-corrected chi connectivity index (χ3v) is 9.17. The number of hydrogen-bond acceptors (Lipinski definition) is 4. The van der Waals surface area contributed by atoms with E-state index in [1.165, 1.54) is 27.3 Å². The molecule has 1 aliphatic heterocycles. The monoisotopic (exact) mass is 594 g/mol. The van der Waals surface area contributed by atoms with E-state index < -0.39 is 15.9 Å². The standard InChI is InChI=1S/C22H19Cl5N4O3S/c23-15-5-4-13(8-17(15)25)11-30-12-19(27)21(29-30)28-22(32)14-9-20(18(26)10-16(14)24)35(33,34)31-6-2-1-3-7-31/h4-5,8-10,12H,1-3,6-7,11H2,(H,28,29,32). The smallest absolute Gasteiger partial charge is 0.258 e. The van der Waals surface area contributed by atoms with Crippen molar-refractivity contribution in [3.8, 4) is 0 Å². The fraction of sp³-hybridized carbons (Fsp3) is 0.273. The van der Waals surface area contributed by atoms with Crippen molar-refractivity contribution < 1.29 is 13.2 Å². The summed E-state index contributed by atoms with van der Waals surface area (Å²) in [6.07, 6.45) is 4.03. The highest BCUT2D eigenvalue weighted by molar-refractivity contribution is 7.89. The van der Waals surface area contributed by atoms with Gasteiger partial charge in [-0.15, -0.1) is 0 Å². The van der Waals surface area contributed by atoms with Gasteiger partial charge in [-0.05, 0) is 42.7 Å². The van der Waals surface area contributed by atoms with Crippen molar-refractivity contribution in [1.82, 2.24) is 14.1 Å². The van der Waals surface area contributed by atoms with Crippen LogP contribution in [0.25, 0.3) is 0 Å². The molecule has 1 amide bonds. The number of nitrogens with one attached hydrogen (secondary N) is 1. The molecule has 7 nitrogen and oxygen atoms in total. The zero-order valence-electron chi connectivity index (χ0n) is 18.1. The summed E-state index contributed by atoms with van der Waals surface area (Å²) >= 11 is 30.7. The highest BCUT2D eigenvalue weighted by Crippen LogP contribution is 2.33. The van der Waals surface area contributed by atoms with Crippen LogP contribution in [0.2, 0.25) is 25.1 Å². The number of aromatic nitrogens is 2. The summed E-state index contributed by atoms with van der Waals surface area (Å²) in [5, 5.41) is 7.85. The number of benzene rings is 2. The average molecular weight is 597 g/mol. The molecule has 0 spiro atoms. The van der Waals surface area contributed by atoms with Crippen LogP contribution >= 0.6 is 58.0 Å². The lowest BCUT2D eigenvalue weighted by Gasteiger charge is -2.26. The topological polar surface area (TPSA) is 84.3 Å². The number of piperidine rings is 1. The minimum atomic E-state index is -3.89. The number of rotatable bonds is 6. The lowest BCUT2D eigenvalue weighted by Crippen LogP contribution is -2.35. The summed E-state index contributed by atoms with van der Waals surface area (Å²) < 4.78 is 29.2. The Morgan fingerprint density at radius 2 is 1.60 bits per heavy atom. The predicted molar refractivity (Wildman–Crippen MR) is 140 cm³/mol. The number of nitrogens with zero attached hydrogens (tertiary/aromatic N) is 3. The van der Waals surface area contributed by atoms with Gasteiger partial charge in [0.1, 0.15) is 9.92 Å². The first-order chi connectivity index (χ1) is 16.6. The molecule has 0 atom stereocenters. The van der Waals surface area contributed by atoms with Gasteiger partial charge in [-0.2, -0.15) is 9.40 Å². The van der Waals surface area contributed by atoms with Gasteiger partial charge in [0.25, 0.3) is 5.91 Å². The lowest BCUT2D eigenvalue weighted by atomic mass is 10.2. The van der Waals surface area contributed by atoms with E-state index in [-0.39, 0.29) is 31.3 Å². The van der Waals surface area contributed by atoms with E-state index in [1.807, 2.05) is 0 Å². The Hall–Kier alpha value is -1.52. The van der Waals surface area contributed by atoms with Crippen LogP contribution in [-0.2, 0) is 16.6 Å². The lowest BCUT2D eigenvalue weighted by molar-refractivity contribution is 0.102. The summed E-state index contributed by atoms with van der Waals surface area (Å²) in [5.41, 5.74) is 0.756. The number of anilines is 1. The molecule has 2 aromatic carbocycles. The zero-order chi connectivity index (χ0) is 25.3. The van der Waals surface area contributed by atoms with E-state index in [4.69, 9.17) is 58.0 Å². The average Bonchev–Trinajstić information content (AvgIpc) is 3.15. The Morgan fingerprint density at radius 1 is 0.886 bits per heavy atom. The van der Waals surface area contributed by atoms with E-state index in [9.17, 15) is 13.2 Å². The van der Waals surface area contributed by atoms with Gasteiger partial charge in [-0.25, -0.2) is 8.42 Å². The van der Waals surface area contributed by atoms with Gasteiger partial charge in [0.15, 0.2) is 5.82 Å². The Balaban J connectivity index is 1.57. The van der Waals surface area contributed by atoms with Crippen molar-refractivity contribution in [3.05, 3.63) is 72.8 Å². The molecule has 1 aromatic heterocycles. The fourth-order valence-electron chi connectivity index (χ4n) is 3.71. The molecule has 3 aromatic rings. The molecule has 1 N–H and O–H groups in total. The Labute approximate surface area is 227 Å². The van der Waals surface area contributed by atoms with E-state index in [0.717, 1.165) is 24.8 Å². The molecule has 0 bridgehead atoms. The van der Waals surface area contributed by atoms with Crippen LogP contribution in [0, 0.1) is 0 Å². The molecule has 0 radical (unpaired) electrons. The SMILES string of the molecule is O=C(Nc1nn(Cc2ccc(Cl)c(Cl)c2)cc1Cl)c1cc(S(=O)(=O)N2CCCCC2)c(Cl)cc1Cl. The number of hydrogen-bond donors (Lipinski definition) is 1. The van der Waals surface area contributed by atoms with Crippen LogP contribution in [0.1, 0.15) is 35.2 Å². The van der Waals surface area contributed by atoms with E-state index in [2.05, 4.69) is 10.4 Å². The first-order valence-corrected chi connectivity index (χ1v) is 13.9.